The maximum atomic E-state index is 12.2. The van der Waals surface area contributed by atoms with Gasteiger partial charge in [-0.1, -0.05) is 18.2 Å². The molecule has 0 radical (unpaired) electrons. The summed E-state index contributed by atoms with van der Waals surface area (Å²) in [5.41, 5.74) is 2.54. The first kappa shape index (κ1) is 14.3. The molecule has 1 N–H and O–H groups in total. The van der Waals surface area contributed by atoms with E-state index in [9.17, 15) is 8.78 Å². The topological polar surface area (TPSA) is 37.4 Å². The van der Waals surface area contributed by atoms with Gasteiger partial charge in [0.15, 0.2) is 0 Å². The number of rotatable bonds is 5. The molecule has 0 atom stereocenters. The maximum absolute atomic E-state index is 12.2. The largest absolute Gasteiger partial charge is 0.435 e. The highest BCUT2D eigenvalue weighted by Crippen LogP contribution is 2.23. The number of halogens is 2. The van der Waals surface area contributed by atoms with Crippen LogP contribution in [-0.2, 0) is 6.54 Å². The summed E-state index contributed by atoms with van der Waals surface area (Å²) >= 11 is 0. The first-order valence-electron chi connectivity index (χ1n) is 6.85. The van der Waals surface area contributed by atoms with E-state index in [2.05, 4.69) is 19.9 Å². The minimum absolute atomic E-state index is 0.131. The van der Waals surface area contributed by atoms with Crippen molar-refractivity contribution in [3.8, 4) is 17.0 Å². The molecule has 1 aromatic heterocycles. The molecule has 1 aliphatic heterocycles. The Morgan fingerprint density at radius 1 is 1.27 bits per heavy atom. The number of ether oxygens (including phenoxy) is 1. The highest BCUT2D eigenvalue weighted by Gasteiger charge is 2.08. The van der Waals surface area contributed by atoms with E-state index in [0.29, 0.717) is 0 Å². The third kappa shape index (κ3) is 3.52. The van der Waals surface area contributed by atoms with E-state index in [0.717, 1.165) is 30.0 Å². The van der Waals surface area contributed by atoms with Gasteiger partial charge < -0.3 is 15.0 Å². The van der Waals surface area contributed by atoms with Gasteiger partial charge in [-0.3, -0.25) is 4.98 Å². The van der Waals surface area contributed by atoms with Gasteiger partial charge in [-0.2, -0.15) is 8.78 Å². The number of hydrogen-bond acceptors (Lipinski definition) is 4. The van der Waals surface area contributed by atoms with Crippen LogP contribution in [0.4, 0.5) is 8.78 Å². The zero-order valence-corrected chi connectivity index (χ0v) is 11.7. The number of nitrogens with zero attached hydrogens (tertiary/aromatic N) is 2. The van der Waals surface area contributed by atoms with Crippen LogP contribution >= 0.6 is 0 Å². The first-order valence-corrected chi connectivity index (χ1v) is 6.85. The number of pyridine rings is 1. The van der Waals surface area contributed by atoms with E-state index >= 15 is 0 Å². The van der Waals surface area contributed by atoms with Crippen molar-refractivity contribution in [3.05, 3.63) is 60.6 Å². The van der Waals surface area contributed by atoms with Crippen molar-refractivity contribution in [3.63, 3.8) is 0 Å². The summed E-state index contributed by atoms with van der Waals surface area (Å²) in [6.07, 6.45) is 5.68. The molecule has 1 aliphatic rings. The van der Waals surface area contributed by atoms with E-state index in [1.807, 2.05) is 30.6 Å². The molecule has 0 saturated heterocycles. The molecule has 22 heavy (non-hydrogen) atoms. The Bertz CT molecular complexity index is 659. The summed E-state index contributed by atoms with van der Waals surface area (Å²) in [4.78, 5) is 6.52. The summed E-state index contributed by atoms with van der Waals surface area (Å²) in [7, 11) is 0. The minimum Gasteiger partial charge on any atom is -0.435 e. The molecule has 0 bridgehead atoms. The van der Waals surface area contributed by atoms with Gasteiger partial charge in [0.2, 0.25) is 0 Å². The number of benzene rings is 1. The van der Waals surface area contributed by atoms with Gasteiger partial charge in [-0.25, -0.2) is 0 Å². The van der Waals surface area contributed by atoms with Crippen LogP contribution in [0.15, 0.2) is 55.0 Å². The van der Waals surface area contributed by atoms with E-state index < -0.39 is 6.61 Å². The molecule has 6 heteroatoms. The normalized spacial score (nSPS) is 13.5. The second kappa shape index (κ2) is 6.43. The van der Waals surface area contributed by atoms with Crippen molar-refractivity contribution in [2.24, 2.45) is 0 Å². The zero-order valence-electron chi connectivity index (χ0n) is 11.7. The predicted octanol–water partition coefficient (Wildman–Crippen LogP) is 3.18. The second-order valence-corrected chi connectivity index (χ2v) is 4.88. The van der Waals surface area contributed by atoms with Gasteiger partial charge in [0.25, 0.3) is 0 Å². The summed E-state index contributed by atoms with van der Waals surface area (Å²) in [5, 5.41) is 3.10. The van der Waals surface area contributed by atoms with Crippen molar-refractivity contribution in [2.75, 3.05) is 6.67 Å². The van der Waals surface area contributed by atoms with Crippen molar-refractivity contribution >= 4 is 0 Å². The molecule has 2 aromatic rings. The van der Waals surface area contributed by atoms with Crippen LogP contribution in [0.1, 0.15) is 5.56 Å². The summed E-state index contributed by atoms with van der Waals surface area (Å²) < 4.78 is 28.9. The molecule has 0 unspecified atom stereocenters. The maximum Gasteiger partial charge on any atom is 0.387 e. The monoisotopic (exact) mass is 303 g/mol. The van der Waals surface area contributed by atoms with Crippen molar-refractivity contribution in [1.82, 2.24) is 15.2 Å². The van der Waals surface area contributed by atoms with Crippen LogP contribution in [0.3, 0.4) is 0 Å². The molecule has 2 heterocycles. The Balaban J connectivity index is 1.73. The Labute approximate surface area is 127 Å². The van der Waals surface area contributed by atoms with E-state index in [4.69, 9.17) is 0 Å². The van der Waals surface area contributed by atoms with E-state index in [1.54, 1.807) is 18.3 Å². The van der Waals surface area contributed by atoms with Crippen LogP contribution < -0.4 is 10.1 Å². The lowest BCUT2D eigenvalue weighted by Gasteiger charge is -2.14. The van der Waals surface area contributed by atoms with Crippen molar-refractivity contribution < 1.29 is 13.5 Å². The summed E-state index contributed by atoms with van der Waals surface area (Å²) in [6.45, 7) is -1.27. The van der Waals surface area contributed by atoms with Gasteiger partial charge in [0.1, 0.15) is 5.75 Å². The fourth-order valence-electron chi connectivity index (χ4n) is 2.24. The van der Waals surface area contributed by atoms with Gasteiger partial charge in [-0.05, 0) is 23.8 Å². The molecule has 0 amide bonds. The molecule has 0 spiro atoms. The van der Waals surface area contributed by atoms with Crippen LogP contribution in [0, 0.1) is 0 Å². The molecule has 4 nitrogen and oxygen atoms in total. The Morgan fingerprint density at radius 3 is 2.86 bits per heavy atom. The summed E-state index contributed by atoms with van der Waals surface area (Å²) in [5.74, 6) is 0.131. The third-order valence-electron chi connectivity index (χ3n) is 3.26. The lowest BCUT2D eigenvalue weighted by atomic mass is 10.1. The van der Waals surface area contributed by atoms with Crippen molar-refractivity contribution in [1.29, 1.82) is 0 Å². The van der Waals surface area contributed by atoms with E-state index in [-0.39, 0.29) is 5.75 Å². The number of hydrogen-bond donors (Lipinski definition) is 1. The van der Waals surface area contributed by atoms with Gasteiger partial charge in [-0.15, -0.1) is 0 Å². The smallest absolute Gasteiger partial charge is 0.387 e. The summed E-state index contributed by atoms with van der Waals surface area (Å²) in [6, 6.07) is 10.4. The van der Waals surface area contributed by atoms with Crippen LogP contribution in [-0.4, -0.2) is 23.2 Å². The molecule has 3 rings (SSSR count). The van der Waals surface area contributed by atoms with Crippen LogP contribution in [0.25, 0.3) is 11.3 Å². The van der Waals surface area contributed by atoms with Crippen LogP contribution in [0.5, 0.6) is 5.75 Å². The molecule has 0 fully saturated rings. The quantitative estimate of drug-likeness (QED) is 0.920. The number of nitrogens with one attached hydrogen (secondary N) is 1. The Kier molecular flexibility index (Phi) is 4.18. The SMILES string of the molecule is FC(F)Oc1cccc(-c2ccc(CN3C=CNC3)cn2)c1. The molecule has 0 saturated carbocycles. The van der Waals surface area contributed by atoms with Crippen LogP contribution in [0.2, 0.25) is 0 Å². The van der Waals surface area contributed by atoms with Crippen molar-refractivity contribution in [2.45, 2.75) is 13.2 Å². The molecule has 114 valence electrons. The lowest BCUT2D eigenvalue weighted by Crippen LogP contribution is -2.19. The zero-order chi connectivity index (χ0) is 15.4. The molecular formula is C16H15F2N3O. The standard InChI is InChI=1S/C16H15F2N3O/c17-16(18)22-14-3-1-2-13(8-14)15-5-4-12(9-20-15)10-21-7-6-19-11-21/h1-9,16,19H,10-11H2. The highest BCUT2D eigenvalue weighted by molar-refractivity contribution is 5.61. The average molecular weight is 303 g/mol. The molecule has 0 aliphatic carbocycles. The number of alkyl halides is 2. The Morgan fingerprint density at radius 2 is 2.18 bits per heavy atom. The van der Waals surface area contributed by atoms with Gasteiger partial charge >= 0.3 is 6.61 Å². The second-order valence-electron chi connectivity index (χ2n) is 4.88. The Hall–Kier alpha value is -2.63. The lowest BCUT2D eigenvalue weighted by molar-refractivity contribution is -0.0498. The van der Waals surface area contributed by atoms with Gasteiger partial charge in [0, 0.05) is 30.7 Å². The average Bonchev–Trinajstić information content (AvgIpc) is 3.01. The van der Waals surface area contributed by atoms with E-state index in [1.165, 1.54) is 6.07 Å². The highest BCUT2D eigenvalue weighted by atomic mass is 19.3. The number of aromatic nitrogens is 1. The minimum atomic E-state index is -2.83. The first-order chi connectivity index (χ1) is 10.7. The fourth-order valence-corrected chi connectivity index (χ4v) is 2.24. The predicted molar refractivity (Wildman–Crippen MR) is 79.0 cm³/mol. The third-order valence-corrected chi connectivity index (χ3v) is 3.26. The molecule has 1 aromatic carbocycles. The fraction of sp³-hybridized carbons (Fsp3) is 0.188. The molecular weight excluding hydrogens is 288 g/mol. The van der Waals surface area contributed by atoms with Gasteiger partial charge in [0.05, 0.1) is 12.4 Å².